The number of benzene rings is 1. The minimum absolute atomic E-state index is 0.309. The van der Waals surface area contributed by atoms with Crippen molar-refractivity contribution >= 4 is 12.0 Å². The van der Waals surface area contributed by atoms with Crippen molar-refractivity contribution in [1.82, 2.24) is 0 Å². The van der Waals surface area contributed by atoms with Crippen LogP contribution in [0, 0.1) is 17.3 Å². The van der Waals surface area contributed by atoms with E-state index in [-0.39, 0.29) is 0 Å². The highest BCUT2D eigenvalue weighted by Gasteiger charge is 2.52. The van der Waals surface area contributed by atoms with Gasteiger partial charge >= 0.3 is 0 Å². The number of allylic oxidation sites excluding steroid dienone is 4. The molecule has 0 amide bonds. The van der Waals surface area contributed by atoms with Crippen LogP contribution in [0.2, 0.25) is 0 Å². The van der Waals surface area contributed by atoms with Crippen LogP contribution in [0.25, 0.3) is 0 Å². The van der Waals surface area contributed by atoms with Gasteiger partial charge in [0.15, 0.2) is 5.78 Å². The molecule has 146 valence electrons. The third kappa shape index (κ3) is 2.78. The summed E-state index contributed by atoms with van der Waals surface area (Å²) in [5, 5.41) is 12.0. The van der Waals surface area contributed by atoms with Crippen molar-refractivity contribution in [2.75, 3.05) is 0 Å². The van der Waals surface area contributed by atoms with E-state index in [1.165, 1.54) is 55.0 Å². The Kier molecular flexibility index (Phi) is 4.30. The van der Waals surface area contributed by atoms with Crippen LogP contribution in [-0.2, 0) is 4.79 Å². The van der Waals surface area contributed by atoms with E-state index < -0.39 is 0 Å². The van der Waals surface area contributed by atoms with E-state index >= 15 is 0 Å². The maximum Gasteiger partial charge on any atom is 0.156 e. The lowest BCUT2D eigenvalue weighted by Crippen LogP contribution is -2.40. The number of carbonyl (C=O) groups excluding carboxylic acids is 1. The van der Waals surface area contributed by atoms with Gasteiger partial charge < -0.3 is 5.21 Å². The molecule has 0 radical (unpaired) electrons. The Morgan fingerprint density at radius 3 is 2.75 bits per heavy atom. The molecule has 4 aliphatic carbocycles. The first-order valence-electron chi connectivity index (χ1n) is 10.8. The summed E-state index contributed by atoms with van der Waals surface area (Å²) in [4.78, 5) is 12.0. The van der Waals surface area contributed by atoms with E-state index in [2.05, 4.69) is 36.3 Å². The predicted molar refractivity (Wildman–Crippen MR) is 111 cm³/mol. The summed E-state index contributed by atoms with van der Waals surface area (Å²) >= 11 is 0. The molecule has 4 aliphatic rings. The highest BCUT2D eigenvalue weighted by atomic mass is 16.4. The molecule has 0 spiro atoms. The molecule has 28 heavy (non-hydrogen) atoms. The summed E-state index contributed by atoms with van der Waals surface area (Å²) in [7, 11) is 0. The fourth-order valence-electron chi connectivity index (χ4n) is 6.85. The van der Waals surface area contributed by atoms with Crippen LogP contribution in [0.3, 0.4) is 0 Å². The zero-order chi connectivity index (χ0) is 19.3. The Hall–Kier alpha value is -2.16. The van der Waals surface area contributed by atoms with Crippen molar-refractivity contribution in [2.45, 2.75) is 64.2 Å². The number of hydrogen-bond donors (Lipinski definition) is 1. The number of rotatable bonds is 2. The molecule has 0 bridgehead atoms. The molecule has 0 unspecified atom stereocenters. The molecule has 1 aromatic carbocycles. The molecule has 0 aliphatic heterocycles. The smallest absolute Gasteiger partial charge is 0.156 e. The van der Waals surface area contributed by atoms with Gasteiger partial charge in [0.25, 0.3) is 0 Å². The van der Waals surface area contributed by atoms with Gasteiger partial charge in [-0.2, -0.15) is 0 Å². The van der Waals surface area contributed by atoms with Gasteiger partial charge in [0.1, 0.15) is 0 Å². The first-order chi connectivity index (χ1) is 13.6. The van der Waals surface area contributed by atoms with Gasteiger partial charge in [0.05, 0.1) is 6.21 Å². The molecule has 1 aromatic rings. The summed E-state index contributed by atoms with van der Waals surface area (Å²) in [6.45, 7) is 2.53. The summed E-state index contributed by atoms with van der Waals surface area (Å²) in [5.41, 5.74) is 7.27. The van der Waals surface area contributed by atoms with Gasteiger partial charge in [-0.15, -0.1) is 0 Å². The Morgan fingerprint density at radius 1 is 1.14 bits per heavy atom. The number of hydrogen-bond acceptors (Lipinski definition) is 3. The number of fused-ring (bicyclic) bond motifs is 4. The zero-order valence-corrected chi connectivity index (χ0v) is 16.7. The van der Waals surface area contributed by atoms with E-state index in [1.54, 1.807) is 5.57 Å². The van der Waals surface area contributed by atoms with Crippen molar-refractivity contribution in [3.05, 3.63) is 58.2 Å². The fraction of sp³-hybridized carbons (Fsp3) is 0.520. The average molecular weight is 376 g/mol. The second-order valence-electron chi connectivity index (χ2n) is 9.54. The van der Waals surface area contributed by atoms with Crippen molar-refractivity contribution in [3.63, 3.8) is 0 Å². The number of nitrogens with zero attached hydrogens (tertiary/aromatic N) is 1. The first-order valence-corrected chi connectivity index (χ1v) is 10.8. The fourth-order valence-corrected chi connectivity index (χ4v) is 6.85. The molecular formula is C25H29NO2. The van der Waals surface area contributed by atoms with Crippen LogP contribution in [0.4, 0.5) is 0 Å². The predicted octanol–water partition coefficient (Wildman–Crippen LogP) is 5.78. The standard InChI is InChI=1S/C25H29NO2/c1-25-12-2-3-23(25)21-10-8-18-13-19(27)9-11-20(18)24(21)22(14-25)17-6-4-16(5-7-17)15-26-28/h4-7,13,15,21-23,28H,2-3,8-12,14H2,1H3/t21-,22+,23-,25-/m0/s1. The van der Waals surface area contributed by atoms with Crippen LogP contribution in [0.5, 0.6) is 0 Å². The SMILES string of the molecule is C[C@@]12CCC[C@H]1[C@@H]1CCC3=CC(=O)CCC3=C1[C@@H](c1ccc(C=NO)cc1)C2. The lowest BCUT2D eigenvalue weighted by atomic mass is 9.53. The molecular weight excluding hydrogens is 346 g/mol. The van der Waals surface area contributed by atoms with Crippen molar-refractivity contribution in [3.8, 4) is 0 Å². The molecule has 1 N–H and O–H groups in total. The normalized spacial score (nSPS) is 34.8. The molecule has 2 fully saturated rings. The Balaban J connectivity index is 1.63. The second kappa shape index (κ2) is 6.72. The minimum atomic E-state index is 0.309. The molecule has 2 saturated carbocycles. The Bertz CT molecular complexity index is 892. The Morgan fingerprint density at radius 2 is 1.96 bits per heavy atom. The topological polar surface area (TPSA) is 49.7 Å². The van der Waals surface area contributed by atoms with E-state index in [1.807, 2.05) is 6.08 Å². The molecule has 5 rings (SSSR count). The zero-order valence-electron chi connectivity index (χ0n) is 16.7. The molecule has 0 saturated heterocycles. The lowest BCUT2D eigenvalue weighted by molar-refractivity contribution is -0.114. The first kappa shape index (κ1) is 17.9. The summed E-state index contributed by atoms with van der Waals surface area (Å²) in [5.74, 6) is 2.26. The number of carbonyl (C=O) groups is 1. The van der Waals surface area contributed by atoms with Gasteiger partial charge in [-0.05, 0) is 84.1 Å². The molecule has 0 aromatic heterocycles. The quantitative estimate of drug-likeness (QED) is 0.404. The van der Waals surface area contributed by atoms with E-state index in [0.717, 1.165) is 24.3 Å². The molecule has 0 heterocycles. The maximum atomic E-state index is 12.0. The van der Waals surface area contributed by atoms with Crippen LogP contribution in [-0.4, -0.2) is 17.2 Å². The van der Waals surface area contributed by atoms with Gasteiger partial charge in [-0.25, -0.2) is 0 Å². The van der Waals surface area contributed by atoms with Crippen LogP contribution < -0.4 is 0 Å². The lowest BCUT2D eigenvalue weighted by Gasteiger charge is -2.51. The van der Waals surface area contributed by atoms with Gasteiger partial charge in [0.2, 0.25) is 0 Å². The monoisotopic (exact) mass is 375 g/mol. The molecule has 3 nitrogen and oxygen atoms in total. The van der Waals surface area contributed by atoms with Gasteiger partial charge in [0, 0.05) is 12.3 Å². The van der Waals surface area contributed by atoms with Crippen LogP contribution >= 0.6 is 0 Å². The highest BCUT2D eigenvalue weighted by Crippen LogP contribution is 2.63. The van der Waals surface area contributed by atoms with Crippen molar-refractivity contribution < 1.29 is 10.0 Å². The number of oxime groups is 1. The summed E-state index contributed by atoms with van der Waals surface area (Å²) in [6.07, 6.45) is 12.6. The van der Waals surface area contributed by atoms with Crippen LogP contribution in [0.1, 0.15) is 75.3 Å². The third-order valence-electron chi connectivity index (χ3n) is 8.05. The molecule has 4 atom stereocenters. The van der Waals surface area contributed by atoms with E-state index in [4.69, 9.17) is 5.21 Å². The van der Waals surface area contributed by atoms with E-state index in [0.29, 0.717) is 29.5 Å². The van der Waals surface area contributed by atoms with E-state index in [9.17, 15) is 4.79 Å². The maximum absolute atomic E-state index is 12.0. The van der Waals surface area contributed by atoms with Gasteiger partial charge in [-0.3, -0.25) is 4.79 Å². The molecule has 3 heteroatoms. The largest absolute Gasteiger partial charge is 0.411 e. The second-order valence-corrected chi connectivity index (χ2v) is 9.54. The minimum Gasteiger partial charge on any atom is -0.411 e. The van der Waals surface area contributed by atoms with Crippen molar-refractivity contribution in [2.24, 2.45) is 22.4 Å². The number of ketones is 1. The third-order valence-corrected chi connectivity index (χ3v) is 8.05. The highest BCUT2D eigenvalue weighted by molar-refractivity contribution is 5.93. The summed E-state index contributed by atoms with van der Waals surface area (Å²) in [6, 6.07) is 8.55. The summed E-state index contributed by atoms with van der Waals surface area (Å²) < 4.78 is 0. The average Bonchev–Trinajstić information content (AvgIpc) is 3.09. The van der Waals surface area contributed by atoms with Gasteiger partial charge in [-0.1, -0.05) is 48.3 Å². The Labute approximate surface area is 167 Å². The van der Waals surface area contributed by atoms with Crippen LogP contribution in [0.15, 0.2) is 52.2 Å². The van der Waals surface area contributed by atoms with Crippen molar-refractivity contribution in [1.29, 1.82) is 0 Å².